The maximum atomic E-state index is 5.87. The lowest BCUT2D eigenvalue weighted by molar-refractivity contribution is -0.289. The van der Waals surface area contributed by atoms with Crippen LogP contribution < -0.4 is 0 Å². The van der Waals surface area contributed by atoms with Gasteiger partial charge in [-0.3, -0.25) is 0 Å². The lowest BCUT2D eigenvalue weighted by atomic mass is 10.0. The predicted molar refractivity (Wildman–Crippen MR) is 66.0 cm³/mol. The zero-order valence-electron chi connectivity index (χ0n) is 10.8. The van der Waals surface area contributed by atoms with Gasteiger partial charge < -0.3 is 9.47 Å². The number of terminal acetylenes is 1. The molecule has 1 fully saturated rings. The third-order valence-electron chi connectivity index (χ3n) is 2.92. The molecular formula is C14H24O2. The molecule has 1 aliphatic rings. The molecule has 2 heteroatoms. The molecule has 0 bridgehead atoms. The maximum Gasteiger partial charge on any atom is 0.164 e. The Morgan fingerprint density at radius 2 is 2.00 bits per heavy atom. The minimum absolute atomic E-state index is 0.0834. The normalized spacial score (nSPS) is 28.6. The van der Waals surface area contributed by atoms with Gasteiger partial charge in [-0.1, -0.05) is 38.5 Å². The summed E-state index contributed by atoms with van der Waals surface area (Å²) < 4.78 is 11.5. The standard InChI is InChI=1S/C14H24O2/c1-5-7-8-9-10-13-11-12(6-2)15-14(3,4)16-13/h2,12-13H,5,7-11H2,1,3-4H3/t12-,13-/m0/s1. The number of hydrogen-bond donors (Lipinski definition) is 0. The summed E-state index contributed by atoms with van der Waals surface area (Å²) in [4.78, 5) is 0. The van der Waals surface area contributed by atoms with E-state index in [1.807, 2.05) is 13.8 Å². The first-order valence-electron chi connectivity index (χ1n) is 6.39. The Morgan fingerprint density at radius 3 is 2.62 bits per heavy atom. The Morgan fingerprint density at radius 1 is 1.25 bits per heavy atom. The summed E-state index contributed by atoms with van der Waals surface area (Å²) in [6.45, 7) is 6.10. The van der Waals surface area contributed by atoms with Gasteiger partial charge in [-0.15, -0.1) is 6.42 Å². The lowest BCUT2D eigenvalue weighted by Crippen LogP contribution is -2.44. The molecule has 0 spiro atoms. The molecule has 1 saturated heterocycles. The molecule has 0 N–H and O–H groups in total. The van der Waals surface area contributed by atoms with Gasteiger partial charge >= 0.3 is 0 Å². The van der Waals surface area contributed by atoms with Crippen LogP contribution in [0.1, 0.15) is 59.3 Å². The fourth-order valence-corrected chi connectivity index (χ4v) is 2.18. The Kier molecular flexibility index (Phi) is 5.31. The molecular weight excluding hydrogens is 200 g/mol. The molecule has 0 aromatic rings. The zero-order chi connectivity index (χ0) is 12.0. The van der Waals surface area contributed by atoms with Crippen LogP contribution in [0.5, 0.6) is 0 Å². The van der Waals surface area contributed by atoms with Crippen LogP contribution in [0.4, 0.5) is 0 Å². The molecule has 0 radical (unpaired) electrons. The summed E-state index contributed by atoms with van der Waals surface area (Å²) in [6, 6.07) is 0. The number of unbranched alkanes of at least 4 members (excludes halogenated alkanes) is 3. The lowest BCUT2D eigenvalue weighted by Gasteiger charge is -2.39. The van der Waals surface area contributed by atoms with Crippen molar-refractivity contribution >= 4 is 0 Å². The SMILES string of the molecule is C#C[C@H]1C[C@H](CCCCCC)OC(C)(C)O1. The minimum Gasteiger partial charge on any atom is -0.347 e. The smallest absolute Gasteiger partial charge is 0.164 e. The highest BCUT2D eigenvalue weighted by atomic mass is 16.7. The van der Waals surface area contributed by atoms with Gasteiger partial charge in [0.1, 0.15) is 6.10 Å². The number of ether oxygens (including phenoxy) is 2. The van der Waals surface area contributed by atoms with Crippen molar-refractivity contribution in [2.24, 2.45) is 0 Å². The first-order chi connectivity index (χ1) is 7.57. The van der Waals surface area contributed by atoms with Gasteiger partial charge in [0.05, 0.1) is 6.10 Å². The average molecular weight is 224 g/mol. The van der Waals surface area contributed by atoms with E-state index in [0.29, 0.717) is 0 Å². The summed E-state index contributed by atoms with van der Waals surface area (Å²) in [5, 5.41) is 0. The Balaban J connectivity index is 2.33. The Labute approximate surface area is 99.7 Å². The second-order valence-corrected chi connectivity index (χ2v) is 5.00. The highest BCUT2D eigenvalue weighted by Gasteiger charge is 2.34. The fourth-order valence-electron chi connectivity index (χ4n) is 2.18. The van der Waals surface area contributed by atoms with E-state index in [1.165, 1.54) is 25.7 Å². The van der Waals surface area contributed by atoms with E-state index in [4.69, 9.17) is 15.9 Å². The van der Waals surface area contributed by atoms with Crippen molar-refractivity contribution in [3.63, 3.8) is 0 Å². The third-order valence-corrected chi connectivity index (χ3v) is 2.92. The second-order valence-electron chi connectivity index (χ2n) is 5.00. The molecule has 0 aromatic heterocycles. The summed E-state index contributed by atoms with van der Waals surface area (Å²) in [6.07, 6.45) is 12.7. The molecule has 1 aliphatic heterocycles. The van der Waals surface area contributed by atoms with Gasteiger partial charge in [0.2, 0.25) is 0 Å². The predicted octanol–water partition coefficient (Wildman–Crippen LogP) is 3.50. The van der Waals surface area contributed by atoms with Crippen molar-refractivity contribution in [2.45, 2.75) is 77.3 Å². The minimum atomic E-state index is -0.523. The van der Waals surface area contributed by atoms with Crippen molar-refractivity contribution in [3.8, 4) is 12.3 Å². The number of hydrogen-bond acceptors (Lipinski definition) is 2. The monoisotopic (exact) mass is 224 g/mol. The quantitative estimate of drug-likeness (QED) is 0.525. The topological polar surface area (TPSA) is 18.5 Å². The van der Waals surface area contributed by atoms with Gasteiger partial charge in [0.25, 0.3) is 0 Å². The fraction of sp³-hybridized carbons (Fsp3) is 0.857. The molecule has 0 saturated carbocycles. The van der Waals surface area contributed by atoms with Crippen molar-refractivity contribution < 1.29 is 9.47 Å². The van der Waals surface area contributed by atoms with Crippen LogP contribution in [0.25, 0.3) is 0 Å². The number of rotatable bonds is 5. The van der Waals surface area contributed by atoms with Crippen LogP contribution >= 0.6 is 0 Å². The highest BCUT2D eigenvalue weighted by molar-refractivity contribution is 4.98. The molecule has 0 unspecified atom stereocenters. The van der Waals surface area contributed by atoms with E-state index in [9.17, 15) is 0 Å². The first-order valence-corrected chi connectivity index (χ1v) is 6.39. The van der Waals surface area contributed by atoms with Crippen molar-refractivity contribution in [2.75, 3.05) is 0 Å². The van der Waals surface area contributed by atoms with Crippen LogP contribution in [0.2, 0.25) is 0 Å². The van der Waals surface area contributed by atoms with Crippen LogP contribution in [-0.2, 0) is 9.47 Å². The Hall–Kier alpha value is -0.520. The van der Waals surface area contributed by atoms with E-state index < -0.39 is 5.79 Å². The first kappa shape index (κ1) is 13.5. The summed E-state index contributed by atoms with van der Waals surface area (Å²) >= 11 is 0. The van der Waals surface area contributed by atoms with E-state index >= 15 is 0 Å². The third kappa shape index (κ3) is 4.55. The van der Waals surface area contributed by atoms with Crippen LogP contribution in [0.15, 0.2) is 0 Å². The molecule has 0 amide bonds. The van der Waals surface area contributed by atoms with Gasteiger partial charge in [0, 0.05) is 6.42 Å². The maximum absolute atomic E-state index is 5.87. The van der Waals surface area contributed by atoms with Crippen molar-refractivity contribution in [1.29, 1.82) is 0 Å². The molecule has 92 valence electrons. The van der Waals surface area contributed by atoms with Crippen molar-refractivity contribution in [3.05, 3.63) is 0 Å². The largest absolute Gasteiger partial charge is 0.347 e. The zero-order valence-corrected chi connectivity index (χ0v) is 10.8. The van der Waals surface area contributed by atoms with E-state index in [2.05, 4.69) is 12.8 Å². The average Bonchev–Trinajstić information content (AvgIpc) is 2.22. The molecule has 1 heterocycles. The van der Waals surface area contributed by atoms with Gasteiger partial charge in [-0.2, -0.15) is 0 Å². The van der Waals surface area contributed by atoms with Gasteiger partial charge in [-0.05, 0) is 20.3 Å². The highest BCUT2D eigenvalue weighted by Crippen LogP contribution is 2.28. The van der Waals surface area contributed by atoms with Crippen LogP contribution in [0, 0.1) is 12.3 Å². The molecule has 0 aromatic carbocycles. The molecule has 2 atom stereocenters. The van der Waals surface area contributed by atoms with Gasteiger partial charge in [-0.25, -0.2) is 0 Å². The molecule has 1 rings (SSSR count). The summed E-state index contributed by atoms with van der Waals surface area (Å²) in [5.74, 6) is 2.17. The van der Waals surface area contributed by atoms with Crippen LogP contribution in [0.3, 0.4) is 0 Å². The van der Waals surface area contributed by atoms with Crippen LogP contribution in [-0.4, -0.2) is 18.0 Å². The summed E-state index contributed by atoms with van der Waals surface area (Å²) in [7, 11) is 0. The van der Waals surface area contributed by atoms with E-state index in [0.717, 1.165) is 12.8 Å². The molecule has 2 nitrogen and oxygen atoms in total. The van der Waals surface area contributed by atoms with Crippen molar-refractivity contribution in [1.82, 2.24) is 0 Å². The van der Waals surface area contributed by atoms with E-state index in [1.54, 1.807) is 0 Å². The van der Waals surface area contributed by atoms with E-state index in [-0.39, 0.29) is 12.2 Å². The van der Waals surface area contributed by atoms with Gasteiger partial charge in [0.15, 0.2) is 5.79 Å². The Bertz CT molecular complexity index is 240. The molecule has 16 heavy (non-hydrogen) atoms. The molecule has 0 aliphatic carbocycles. The summed E-state index contributed by atoms with van der Waals surface area (Å²) in [5.41, 5.74) is 0. The second kappa shape index (κ2) is 6.27.